The molecule has 202 valence electrons. The molecule has 1 amide bonds. The summed E-state index contributed by atoms with van der Waals surface area (Å²) in [5.74, 6) is -1.31. The number of nitrogens with zero attached hydrogens (tertiary/aromatic N) is 1. The molecule has 0 saturated heterocycles. The van der Waals surface area contributed by atoms with Gasteiger partial charge >= 0.3 is 12.1 Å². The number of benzene rings is 3. The van der Waals surface area contributed by atoms with Crippen LogP contribution in [0.5, 0.6) is 0 Å². The third-order valence-corrected chi connectivity index (χ3v) is 7.28. The van der Waals surface area contributed by atoms with E-state index >= 15 is 0 Å². The summed E-state index contributed by atoms with van der Waals surface area (Å²) in [6, 6.07) is 15.3. The van der Waals surface area contributed by atoms with Crippen molar-refractivity contribution in [1.29, 1.82) is 0 Å². The number of halogens is 3. The van der Waals surface area contributed by atoms with Crippen molar-refractivity contribution >= 4 is 33.3 Å². The molecule has 3 aromatic rings. The third-order valence-electron chi connectivity index (χ3n) is 5.49. The first-order chi connectivity index (χ1) is 17.9. The molecule has 0 radical (unpaired) electrons. The second-order valence-corrected chi connectivity index (χ2v) is 10.4. The lowest BCUT2D eigenvalue weighted by atomic mass is 10.2. The van der Waals surface area contributed by atoms with Crippen molar-refractivity contribution in [3.05, 3.63) is 89.5 Å². The van der Waals surface area contributed by atoms with Crippen molar-refractivity contribution in [2.75, 3.05) is 22.8 Å². The number of rotatable bonds is 10. The summed E-state index contributed by atoms with van der Waals surface area (Å²) in [5, 5.41) is 2.52. The first-order valence-corrected chi connectivity index (χ1v) is 13.2. The van der Waals surface area contributed by atoms with Gasteiger partial charge in [-0.15, -0.1) is 0 Å². The fourth-order valence-corrected chi connectivity index (χ4v) is 4.82. The number of hydrogen-bond donors (Lipinski definition) is 1. The average molecular weight is 549 g/mol. The van der Waals surface area contributed by atoms with Gasteiger partial charge in [0.15, 0.2) is 0 Å². The highest BCUT2D eigenvalue weighted by Crippen LogP contribution is 2.33. The van der Waals surface area contributed by atoms with Gasteiger partial charge < -0.3 is 10.1 Å². The van der Waals surface area contributed by atoms with Gasteiger partial charge in [-0.25, -0.2) is 13.2 Å². The van der Waals surface area contributed by atoms with E-state index in [1.54, 1.807) is 19.1 Å². The minimum atomic E-state index is -4.71. The first-order valence-electron chi connectivity index (χ1n) is 11.8. The van der Waals surface area contributed by atoms with Crippen LogP contribution in [0.25, 0.3) is 0 Å². The van der Waals surface area contributed by atoms with Crippen LogP contribution in [0.3, 0.4) is 0 Å². The number of anilines is 2. The highest BCUT2D eigenvalue weighted by molar-refractivity contribution is 7.92. The Balaban J connectivity index is 1.86. The lowest BCUT2D eigenvalue weighted by Gasteiger charge is -2.25. The number of hydrogen-bond acceptors (Lipinski definition) is 5. The summed E-state index contributed by atoms with van der Waals surface area (Å²) < 4.78 is 72.7. The molecule has 0 unspecified atom stereocenters. The fraction of sp³-hybridized carbons (Fsp3) is 0.259. The quantitative estimate of drug-likeness (QED) is 0.255. The third kappa shape index (κ3) is 7.34. The molecule has 0 bridgehead atoms. The number of nitrogens with one attached hydrogen (secondary N) is 1. The average Bonchev–Trinajstić information content (AvgIpc) is 2.87. The van der Waals surface area contributed by atoms with Gasteiger partial charge in [0.1, 0.15) is 6.54 Å². The van der Waals surface area contributed by atoms with Gasteiger partial charge in [0.05, 0.1) is 28.3 Å². The number of unbranched alkanes of at least 4 members (excludes halogenated alkanes) is 1. The van der Waals surface area contributed by atoms with Crippen molar-refractivity contribution in [1.82, 2.24) is 0 Å². The number of sulfonamides is 1. The zero-order valence-corrected chi connectivity index (χ0v) is 21.6. The van der Waals surface area contributed by atoms with Crippen molar-refractivity contribution in [3.8, 4) is 0 Å². The molecule has 0 saturated carbocycles. The Labute approximate surface area is 219 Å². The van der Waals surface area contributed by atoms with Crippen LogP contribution in [-0.2, 0) is 25.7 Å². The van der Waals surface area contributed by atoms with Gasteiger partial charge in [-0.1, -0.05) is 37.1 Å². The zero-order valence-electron chi connectivity index (χ0n) is 20.8. The number of ether oxygens (including phenoxy) is 1. The first kappa shape index (κ1) is 28.7. The van der Waals surface area contributed by atoms with Gasteiger partial charge in [-0.05, 0) is 67.9 Å². The maximum absolute atomic E-state index is 13.4. The molecule has 0 fully saturated rings. The molecule has 0 aliphatic heterocycles. The van der Waals surface area contributed by atoms with Crippen LogP contribution in [0.15, 0.2) is 77.7 Å². The minimum Gasteiger partial charge on any atom is -0.462 e. The highest BCUT2D eigenvalue weighted by Gasteiger charge is 2.33. The topological polar surface area (TPSA) is 92.8 Å². The number of esters is 1. The summed E-state index contributed by atoms with van der Waals surface area (Å²) in [6.45, 7) is 3.21. The Morgan fingerprint density at radius 2 is 1.63 bits per heavy atom. The van der Waals surface area contributed by atoms with Gasteiger partial charge in [0.2, 0.25) is 5.91 Å². The van der Waals surface area contributed by atoms with Crippen LogP contribution < -0.4 is 9.62 Å². The van der Waals surface area contributed by atoms with Crippen LogP contribution in [0.2, 0.25) is 0 Å². The number of alkyl halides is 3. The van der Waals surface area contributed by atoms with E-state index in [-0.39, 0.29) is 28.4 Å². The molecule has 0 spiro atoms. The molecule has 7 nitrogen and oxygen atoms in total. The standard InChI is InChI=1S/C27H27F3N2O5S/c1-3-4-16-37-26(34)20-10-12-22(13-11-20)31-25(33)18-32(23-7-5-6-21(17-23)27(28,29)30)38(35,36)24-14-8-19(2)9-15-24/h5-15,17H,3-4,16,18H2,1-2H3,(H,31,33). The molecule has 3 aromatic carbocycles. The molecule has 0 aliphatic rings. The van der Waals surface area contributed by atoms with E-state index in [1.807, 2.05) is 6.92 Å². The second kappa shape index (κ2) is 12.1. The molecule has 1 N–H and O–H groups in total. The normalized spacial score (nSPS) is 11.6. The minimum absolute atomic E-state index is 0.181. The number of carbonyl (C=O) groups excluding carboxylic acids is 2. The monoisotopic (exact) mass is 548 g/mol. The predicted octanol–water partition coefficient (Wildman–Crippen LogP) is 5.80. The molecule has 38 heavy (non-hydrogen) atoms. The van der Waals surface area contributed by atoms with Crippen molar-refractivity contribution in [2.45, 2.75) is 37.8 Å². The van der Waals surface area contributed by atoms with E-state index in [0.717, 1.165) is 30.5 Å². The molecular weight excluding hydrogens is 521 g/mol. The van der Waals surface area contributed by atoms with E-state index in [1.165, 1.54) is 42.5 Å². The van der Waals surface area contributed by atoms with E-state index in [9.17, 15) is 31.2 Å². The maximum Gasteiger partial charge on any atom is 0.416 e. The van der Waals surface area contributed by atoms with Crippen LogP contribution in [0.4, 0.5) is 24.5 Å². The maximum atomic E-state index is 13.4. The predicted molar refractivity (Wildman–Crippen MR) is 137 cm³/mol. The van der Waals surface area contributed by atoms with Gasteiger partial charge in [0.25, 0.3) is 10.0 Å². The fourth-order valence-electron chi connectivity index (χ4n) is 3.40. The molecule has 3 rings (SSSR count). The van der Waals surface area contributed by atoms with Gasteiger partial charge in [-0.2, -0.15) is 13.2 Å². The largest absolute Gasteiger partial charge is 0.462 e. The molecule has 0 aromatic heterocycles. The Morgan fingerprint density at radius 1 is 0.974 bits per heavy atom. The molecule has 0 heterocycles. The number of aryl methyl sites for hydroxylation is 1. The number of carbonyl (C=O) groups is 2. The van der Waals surface area contributed by atoms with E-state index in [4.69, 9.17) is 4.74 Å². The van der Waals surface area contributed by atoms with Crippen molar-refractivity contribution in [3.63, 3.8) is 0 Å². The number of amides is 1. The Bertz CT molecular complexity index is 1370. The zero-order chi connectivity index (χ0) is 27.9. The highest BCUT2D eigenvalue weighted by atomic mass is 32.2. The molecular formula is C27H27F3N2O5S. The summed E-state index contributed by atoms with van der Waals surface area (Å²) >= 11 is 0. The Kier molecular flexibility index (Phi) is 9.16. The van der Waals surface area contributed by atoms with Crippen molar-refractivity contribution in [2.24, 2.45) is 0 Å². The Hall–Kier alpha value is -3.86. The van der Waals surface area contributed by atoms with Gasteiger partial charge in [-0.3, -0.25) is 9.10 Å². The Morgan fingerprint density at radius 3 is 2.24 bits per heavy atom. The van der Waals surface area contributed by atoms with E-state index < -0.39 is 40.2 Å². The summed E-state index contributed by atoms with van der Waals surface area (Å²) in [4.78, 5) is 24.7. The van der Waals surface area contributed by atoms with Gasteiger partial charge in [0, 0.05) is 5.69 Å². The summed E-state index contributed by atoms with van der Waals surface area (Å²) in [5.41, 5.74) is -0.0601. The van der Waals surface area contributed by atoms with E-state index in [2.05, 4.69) is 5.32 Å². The lowest BCUT2D eigenvalue weighted by molar-refractivity contribution is -0.137. The molecule has 0 aliphatic carbocycles. The van der Waals surface area contributed by atoms with E-state index in [0.29, 0.717) is 10.4 Å². The smallest absolute Gasteiger partial charge is 0.416 e. The van der Waals surface area contributed by atoms with Crippen LogP contribution in [0.1, 0.15) is 41.3 Å². The lowest BCUT2D eigenvalue weighted by Crippen LogP contribution is -2.38. The van der Waals surface area contributed by atoms with Crippen LogP contribution in [0, 0.1) is 6.92 Å². The summed E-state index contributed by atoms with van der Waals surface area (Å²) in [7, 11) is -4.41. The second-order valence-electron chi connectivity index (χ2n) is 8.49. The summed E-state index contributed by atoms with van der Waals surface area (Å²) in [6.07, 6.45) is -3.11. The SMILES string of the molecule is CCCCOC(=O)c1ccc(NC(=O)CN(c2cccc(C(F)(F)F)c2)S(=O)(=O)c2ccc(C)cc2)cc1. The van der Waals surface area contributed by atoms with Crippen molar-refractivity contribution < 1.29 is 35.9 Å². The van der Waals surface area contributed by atoms with Crippen LogP contribution in [-0.4, -0.2) is 33.4 Å². The molecule has 11 heteroatoms. The molecule has 0 atom stereocenters. The van der Waals surface area contributed by atoms with Crippen LogP contribution >= 0.6 is 0 Å².